The van der Waals surface area contributed by atoms with E-state index in [1.165, 1.54) is 25.1 Å². The van der Waals surface area contributed by atoms with Crippen molar-refractivity contribution in [1.82, 2.24) is 4.90 Å². The fourth-order valence-corrected chi connectivity index (χ4v) is 3.63. The van der Waals surface area contributed by atoms with E-state index in [2.05, 4.69) is 5.32 Å². The smallest absolute Gasteiger partial charge is 0.338 e. The highest BCUT2D eigenvalue weighted by Crippen LogP contribution is 2.25. The van der Waals surface area contributed by atoms with E-state index in [1.807, 2.05) is 0 Å². The summed E-state index contributed by atoms with van der Waals surface area (Å²) < 4.78 is 18.3. The molecule has 0 radical (unpaired) electrons. The van der Waals surface area contributed by atoms with Crippen LogP contribution in [0.25, 0.3) is 0 Å². The molecule has 0 saturated carbocycles. The maximum Gasteiger partial charge on any atom is 0.338 e. The largest absolute Gasteiger partial charge is 0.449 e. The third kappa shape index (κ3) is 4.67. The van der Waals surface area contributed by atoms with Crippen molar-refractivity contribution in [2.45, 2.75) is 19.6 Å². The van der Waals surface area contributed by atoms with Gasteiger partial charge in [-0.25, -0.2) is 9.18 Å². The number of hydrogen-bond donors (Lipinski definition) is 1. The number of benzene rings is 3. The summed E-state index contributed by atoms with van der Waals surface area (Å²) in [7, 11) is 0. The van der Waals surface area contributed by atoms with Crippen LogP contribution in [-0.4, -0.2) is 34.7 Å². The molecule has 34 heavy (non-hydrogen) atoms. The highest BCUT2D eigenvalue weighted by atomic mass is 35.5. The zero-order valence-corrected chi connectivity index (χ0v) is 18.6. The van der Waals surface area contributed by atoms with E-state index in [1.54, 1.807) is 36.4 Å². The van der Waals surface area contributed by atoms with E-state index in [0.29, 0.717) is 16.7 Å². The maximum atomic E-state index is 13.1. The van der Waals surface area contributed by atoms with Crippen LogP contribution in [0.3, 0.4) is 0 Å². The van der Waals surface area contributed by atoms with Crippen molar-refractivity contribution >= 4 is 41.0 Å². The Morgan fingerprint density at radius 1 is 1.00 bits per heavy atom. The van der Waals surface area contributed by atoms with E-state index in [9.17, 15) is 23.6 Å². The van der Waals surface area contributed by atoms with Gasteiger partial charge in [0.05, 0.1) is 33.9 Å². The van der Waals surface area contributed by atoms with Gasteiger partial charge in [0.15, 0.2) is 6.10 Å². The molecule has 1 N–H and O–H groups in total. The molecule has 1 heterocycles. The number of halogens is 2. The molecule has 3 aromatic rings. The second-order valence-corrected chi connectivity index (χ2v) is 8.01. The number of anilines is 1. The van der Waals surface area contributed by atoms with Crippen LogP contribution in [0.4, 0.5) is 10.1 Å². The van der Waals surface area contributed by atoms with E-state index in [0.717, 1.165) is 17.0 Å². The summed E-state index contributed by atoms with van der Waals surface area (Å²) in [5, 5.41) is 2.49. The van der Waals surface area contributed by atoms with Gasteiger partial charge in [-0.3, -0.25) is 19.3 Å². The van der Waals surface area contributed by atoms with Crippen LogP contribution in [0, 0.1) is 5.82 Å². The number of nitrogens with one attached hydrogen (secondary N) is 1. The minimum atomic E-state index is -1.15. The van der Waals surface area contributed by atoms with Crippen LogP contribution in [0.15, 0.2) is 66.7 Å². The van der Waals surface area contributed by atoms with Crippen LogP contribution >= 0.6 is 11.6 Å². The Morgan fingerprint density at radius 2 is 1.62 bits per heavy atom. The Bertz CT molecular complexity index is 1270. The Morgan fingerprint density at radius 3 is 2.21 bits per heavy atom. The third-order valence-electron chi connectivity index (χ3n) is 5.25. The van der Waals surface area contributed by atoms with Gasteiger partial charge in [0.25, 0.3) is 17.7 Å². The number of hydrogen-bond acceptors (Lipinski definition) is 5. The lowest BCUT2D eigenvalue weighted by Gasteiger charge is -2.15. The number of carbonyl (C=O) groups is 4. The minimum absolute atomic E-state index is 0.0144. The van der Waals surface area contributed by atoms with Crippen molar-refractivity contribution < 1.29 is 28.3 Å². The van der Waals surface area contributed by atoms with Gasteiger partial charge < -0.3 is 10.1 Å². The summed E-state index contributed by atoms with van der Waals surface area (Å²) >= 11 is 5.89. The predicted octanol–water partition coefficient (Wildman–Crippen LogP) is 4.46. The number of ether oxygens (including phenoxy) is 1. The number of fused-ring (bicyclic) bond motifs is 1. The monoisotopic (exact) mass is 480 g/mol. The van der Waals surface area contributed by atoms with Crippen molar-refractivity contribution in [3.63, 3.8) is 0 Å². The first-order valence-corrected chi connectivity index (χ1v) is 10.6. The van der Waals surface area contributed by atoms with Crippen molar-refractivity contribution in [2.75, 3.05) is 5.32 Å². The number of carbonyl (C=O) groups excluding carboxylic acids is 4. The van der Waals surface area contributed by atoms with Crippen LogP contribution < -0.4 is 5.32 Å². The van der Waals surface area contributed by atoms with Crippen molar-refractivity contribution in [1.29, 1.82) is 0 Å². The predicted molar refractivity (Wildman–Crippen MR) is 122 cm³/mol. The summed E-state index contributed by atoms with van der Waals surface area (Å²) in [5.41, 5.74) is 1.74. The van der Waals surface area contributed by atoms with Crippen LogP contribution in [-0.2, 0) is 16.1 Å². The fraction of sp³-hybridized carbons (Fsp3) is 0.120. The van der Waals surface area contributed by atoms with E-state index in [-0.39, 0.29) is 34.6 Å². The Balaban J connectivity index is 1.36. The quantitative estimate of drug-likeness (QED) is 0.415. The van der Waals surface area contributed by atoms with E-state index < -0.39 is 23.8 Å². The molecular weight excluding hydrogens is 463 g/mol. The van der Waals surface area contributed by atoms with Crippen molar-refractivity contribution in [2.24, 2.45) is 0 Å². The summed E-state index contributed by atoms with van der Waals surface area (Å²) in [6.07, 6.45) is -1.15. The highest BCUT2D eigenvalue weighted by Gasteiger charge is 2.35. The second kappa shape index (κ2) is 9.44. The van der Waals surface area contributed by atoms with Gasteiger partial charge in [-0.2, -0.15) is 0 Å². The minimum Gasteiger partial charge on any atom is -0.449 e. The SMILES string of the molecule is CC(OC(=O)c1ccc(CN2C(=O)c3ccccc3C2=O)cc1)C(=O)Nc1ccc(F)cc1Cl. The van der Waals surface area contributed by atoms with Gasteiger partial charge in [0.2, 0.25) is 0 Å². The fourth-order valence-electron chi connectivity index (χ4n) is 3.42. The summed E-state index contributed by atoms with van der Waals surface area (Å²) in [6.45, 7) is 1.44. The lowest BCUT2D eigenvalue weighted by molar-refractivity contribution is -0.123. The molecule has 172 valence electrons. The van der Waals surface area contributed by atoms with Crippen LogP contribution in [0.5, 0.6) is 0 Å². The van der Waals surface area contributed by atoms with Gasteiger partial charge in [-0.1, -0.05) is 35.9 Å². The highest BCUT2D eigenvalue weighted by molar-refractivity contribution is 6.33. The van der Waals surface area contributed by atoms with Gasteiger partial charge in [-0.05, 0) is 55.0 Å². The molecule has 0 aromatic heterocycles. The summed E-state index contributed by atoms with van der Waals surface area (Å²) in [5.74, 6) is -2.66. The average Bonchev–Trinajstić information content (AvgIpc) is 3.06. The zero-order chi connectivity index (χ0) is 24.4. The molecule has 7 nitrogen and oxygen atoms in total. The van der Waals surface area contributed by atoms with Gasteiger partial charge in [0.1, 0.15) is 5.82 Å². The number of rotatable bonds is 6. The summed E-state index contributed by atoms with van der Waals surface area (Å²) in [4.78, 5) is 50.9. The Kier molecular flexibility index (Phi) is 6.43. The molecule has 0 fully saturated rings. The molecule has 1 unspecified atom stereocenters. The molecule has 0 aliphatic carbocycles. The number of amides is 3. The molecule has 1 atom stereocenters. The Hall–Kier alpha value is -4.04. The van der Waals surface area contributed by atoms with Gasteiger partial charge in [-0.15, -0.1) is 0 Å². The van der Waals surface area contributed by atoms with Crippen LogP contribution in [0.1, 0.15) is 43.6 Å². The lowest BCUT2D eigenvalue weighted by Crippen LogP contribution is -2.30. The molecule has 3 amide bonds. The first kappa shape index (κ1) is 23.1. The molecule has 4 rings (SSSR count). The molecule has 9 heteroatoms. The maximum absolute atomic E-state index is 13.1. The Labute approximate surface area is 199 Å². The van der Waals surface area contributed by atoms with Gasteiger partial charge >= 0.3 is 5.97 Å². The molecule has 1 aliphatic rings. The van der Waals surface area contributed by atoms with Gasteiger partial charge in [0, 0.05) is 0 Å². The molecule has 0 bridgehead atoms. The van der Waals surface area contributed by atoms with E-state index in [4.69, 9.17) is 16.3 Å². The topological polar surface area (TPSA) is 92.8 Å². The number of imide groups is 1. The van der Waals surface area contributed by atoms with E-state index >= 15 is 0 Å². The normalized spacial score (nSPS) is 13.4. The standard InChI is InChI=1S/C25H18ClFN2O5/c1-14(22(30)28-21-11-10-17(27)12-20(21)26)34-25(33)16-8-6-15(7-9-16)13-29-23(31)18-4-2-3-5-19(18)24(29)32/h2-12,14H,13H2,1H3,(H,28,30). The molecule has 0 saturated heterocycles. The third-order valence-corrected chi connectivity index (χ3v) is 5.56. The first-order valence-electron chi connectivity index (χ1n) is 10.3. The number of nitrogens with zero attached hydrogens (tertiary/aromatic N) is 1. The molecular formula is C25H18ClFN2O5. The zero-order valence-electron chi connectivity index (χ0n) is 17.9. The summed E-state index contributed by atoms with van der Waals surface area (Å²) in [6, 6.07) is 16.3. The van der Waals surface area contributed by atoms with Crippen molar-refractivity contribution in [3.8, 4) is 0 Å². The lowest BCUT2D eigenvalue weighted by atomic mass is 10.1. The molecule has 0 spiro atoms. The first-order chi connectivity index (χ1) is 16.2. The van der Waals surface area contributed by atoms with Crippen LogP contribution in [0.2, 0.25) is 5.02 Å². The second-order valence-electron chi connectivity index (χ2n) is 7.60. The average molecular weight is 481 g/mol. The number of esters is 1. The molecule has 3 aromatic carbocycles. The van der Waals surface area contributed by atoms with Crippen molar-refractivity contribution in [3.05, 3.63) is 99.8 Å². The molecule has 1 aliphatic heterocycles.